The van der Waals surface area contributed by atoms with Crippen LogP contribution in [0.25, 0.3) is 0 Å². The van der Waals surface area contributed by atoms with Crippen LogP contribution in [0, 0.1) is 0 Å². The summed E-state index contributed by atoms with van der Waals surface area (Å²) in [6, 6.07) is 10.5. The Morgan fingerprint density at radius 1 is 1.18 bits per heavy atom. The third-order valence-corrected chi connectivity index (χ3v) is 3.84. The number of nitrogens with zero attached hydrogens (tertiary/aromatic N) is 1. The molecule has 28 heavy (non-hydrogen) atoms. The summed E-state index contributed by atoms with van der Waals surface area (Å²) in [7, 11) is 3.01. The summed E-state index contributed by atoms with van der Waals surface area (Å²) in [5.41, 5.74) is 0.372. The molecule has 0 fully saturated rings. The maximum Gasteiger partial charge on any atom is 0.273 e. The Morgan fingerprint density at radius 2 is 1.89 bits per heavy atom. The van der Waals surface area contributed by atoms with Gasteiger partial charge in [0.25, 0.3) is 5.91 Å². The van der Waals surface area contributed by atoms with E-state index in [2.05, 4.69) is 5.32 Å². The molecule has 0 atom stereocenters. The number of hydrogen-bond acceptors (Lipinski definition) is 7. The molecule has 0 saturated heterocycles. The molecule has 1 aromatic carbocycles. The van der Waals surface area contributed by atoms with Crippen molar-refractivity contribution in [3.8, 4) is 5.75 Å². The predicted octanol–water partition coefficient (Wildman–Crippen LogP) is 0.506. The van der Waals surface area contributed by atoms with Gasteiger partial charge in [0.1, 0.15) is 6.61 Å². The highest BCUT2D eigenvalue weighted by Gasteiger charge is 2.19. The second-order valence-electron chi connectivity index (χ2n) is 5.77. The van der Waals surface area contributed by atoms with Crippen LogP contribution < -0.4 is 21.3 Å². The highest BCUT2D eigenvalue weighted by molar-refractivity contribution is 5.95. The summed E-state index contributed by atoms with van der Waals surface area (Å²) < 4.78 is 22.0. The van der Waals surface area contributed by atoms with Crippen LogP contribution in [0.15, 0.2) is 47.4 Å². The van der Waals surface area contributed by atoms with Crippen molar-refractivity contribution < 1.29 is 23.7 Å². The molecule has 0 bridgehead atoms. The van der Waals surface area contributed by atoms with Gasteiger partial charge in [-0.15, -0.1) is 0 Å². The standard InChI is InChI=1S/C19H25N3O6/c1-25-16(26-2)13-27-11-9-21-19(24)17-18(15(23)8-10-22(17)20)28-12-14-6-4-3-5-7-14/h3-8,10,16H,9,11-13,20H2,1-2H3,(H,21,24). The molecule has 0 spiro atoms. The number of nitrogens with two attached hydrogens (primary N) is 1. The van der Waals surface area contributed by atoms with Crippen LogP contribution in [0.2, 0.25) is 0 Å². The summed E-state index contributed by atoms with van der Waals surface area (Å²) >= 11 is 0. The van der Waals surface area contributed by atoms with E-state index in [0.29, 0.717) is 0 Å². The van der Waals surface area contributed by atoms with Gasteiger partial charge in [-0.2, -0.15) is 0 Å². The summed E-state index contributed by atoms with van der Waals surface area (Å²) in [4.78, 5) is 24.7. The summed E-state index contributed by atoms with van der Waals surface area (Å²) in [6.07, 6.45) is 0.835. The fraction of sp³-hybridized carbons (Fsp3) is 0.368. The first-order valence-corrected chi connectivity index (χ1v) is 8.65. The van der Waals surface area contributed by atoms with Crippen molar-refractivity contribution in [1.82, 2.24) is 9.99 Å². The van der Waals surface area contributed by atoms with Crippen LogP contribution in [0.3, 0.4) is 0 Å². The molecular formula is C19H25N3O6. The zero-order valence-electron chi connectivity index (χ0n) is 15.9. The van der Waals surface area contributed by atoms with E-state index >= 15 is 0 Å². The lowest BCUT2D eigenvalue weighted by atomic mass is 10.2. The average Bonchev–Trinajstić information content (AvgIpc) is 2.71. The highest BCUT2D eigenvalue weighted by atomic mass is 16.7. The first-order chi connectivity index (χ1) is 13.6. The number of rotatable bonds is 11. The van der Waals surface area contributed by atoms with Crippen LogP contribution in [-0.4, -0.2) is 50.9 Å². The van der Waals surface area contributed by atoms with Gasteiger partial charge >= 0.3 is 0 Å². The van der Waals surface area contributed by atoms with Gasteiger partial charge < -0.3 is 30.1 Å². The van der Waals surface area contributed by atoms with E-state index in [1.54, 1.807) is 0 Å². The van der Waals surface area contributed by atoms with Crippen LogP contribution >= 0.6 is 0 Å². The smallest absolute Gasteiger partial charge is 0.273 e. The lowest BCUT2D eigenvalue weighted by Crippen LogP contribution is -2.34. The molecule has 152 valence electrons. The minimum Gasteiger partial charge on any atom is -0.482 e. The van der Waals surface area contributed by atoms with Gasteiger partial charge in [0, 0.05) is 33.0 Å². The van der Waals surface area contributed by atoms with E-state index in [-0.39, 0.29) is 37.8 Å². The van der Waals surface area contributed by atoms with Gasteiger partial charge in [0.2, 0.25) is 5.43 Å². The van der Waals surface area contributed by atoms with E-state index in [1.165, 1.54) is 26.5 Å². The van der Waals surface area contributed by atoms with Crippen molar-refractivity contribution in [2.24, 2.45) is 0 Å². The fourth-order valence-corrected chi connectivity index (χ4v) is 2.35. The molecule has 2 rings (SSSR count). The van der Waals surface area contributed by atoms with Gasteiger partial charge in [-0.1, -0.05) is 30.3 Å². The van der Waals surface area contributed by atoms with Crippen LogP contribution in [0.5, 0.6) is 5.75 Å². The third kappa shape index (κ3) is 6.08. The number of nitrogens with one attached hydrogen (secondary N) is 1. The van der Waals surface area contributed by atoms with E-state index < -0.39 is 17.6 Å². The summed E-state index contributed by atoms with van der Waals surface area (Å²) in [5.74, 6) is 5.19. The van der Waals surface area contributed by atoms with E-state index in [9.17, 15) is 9.59 Å². The number of carbonyl (C=O) groups excluding carboxylic acids is 1. The zero-order valence-corrected chi connectivity index (χ0v) is 15.9. The SMILES string of the molecule is COC(COCCNC(=O)c1c(OCc2ccccc2)c(=O)ccn1N)OC. The largest absolute Gasteiger partial charge is 0.482 e. The van der Waals surface area contributed by atoms with Gasteiger partial charge in [-0.25, -0.2) is 0 Å². The van der Waals surface area contributed by atoms with Crippen molar-refractivity contribution in [2.45, 2.75) is 12.9 Å². The first kappa shape index (κ1) is 21.4. The van der Waals surface area contributed by atoms with Crippen LogP contribution in [0.4, 0.5) is 0 Å². The fourth-order valence-electron chi connectivity index (χ4n) is 2.35. The number of methoxy groups -OCH3 is 2. The molecule has 3 N–H and O–H groups in total. The molecule has 0 aliphatic rings. The summed E-state index contributed by atoms with van der Waals surface area (Å²) in [5, 5.41) is 2.65. The second kappa shape index (κ2) is 11.1. The molecule has 0 unspecified atom stereocenters. The van der Waals surface area contributed by atoms with E-state index in [1.807, 2.05) is 30.3 Å². The topological polar surface area (TPSA) is 114 Å². The average molecular weight is 391 g/mol. The first-order valence-electron chi connectivity index (χ1n) is 8.65. The molecule has 0 saturated carbocycles. The highest BCUT2D eigenvalue weighted by Crippen LogP contribution is 2.14. The molecule has 9 nitrogen and oxygen atoms in total. The van der Waals surface area contributed by atoms with Gasteiger partial charge in [0.15, 0.2) is 17.7 Å². The Hall–Kier alpha value is -2.88. The number of ether oxygens (including phenoxy) is 4. The Kier molecular flexibility index (Phi) is 8.47. The Morgan fingerprint density at radius 3 is 2.57 bits per heavy atom. The molecule has 9 heteroatoms. The second-order valence-corrected chi connectivity index (χ2v) is 5.77. The lowest BCUT2D eigenvalue weighted by molar-refractivity contribution is -0.139. The Bertz CT molecular complexity index is 805. The van der Waals surface area contributed by atoms with Crippen molar-refractivity contribution in [3.63, 3.8) is 0 Å². The van der Waals surface area contributed by atoms with Gasteiger partial charge in [-0.3, -0.25) is 14.3 Å². The lowest BCUT2D eigenvalue weighted by Gasteiger charge is -2.15. The van der Waals surface area contributed by atoms with Crippen molar-refractivity contribution in [3.05, 3.63) is 64.1 Å². The predicted molar refractivity (Wildman–Crippen MR) is 103 cm³/mol. The van der Waals surface area contributed by atoms with E-state index in [0.717, 1.165) is 10.2 Å². The van der Waals surface area contributed by atoms with Crippen molar-refractivity contribution in [2.75, 3.05) is 39.8 Å². The number of benzene rings is 1. The number of amides is 1. The van der Waals surface area contributed by atoms with Crippen molar-refractivity contribution >= 4 is 5.91 Å². The molecule has 0 aliphatic heterocycles. The maximum atomic E-state index is 12.5. The molecule has 1 aromatic heterocycles. The monoisotopic (exact) mass is 391 g/mol. The van der Waals surface area contributed by atoms with Crippen LogP contribution in [0.1, 0.15) is 16.1 Å². The molecule has 2 aromatic rings. The number of nitrogen functional groups attached to an aromatic ring is 1. The Balaban J connectivity index is 1.98. The van der Waals surface area contributed by atoms with Gasteiger partial charge in [-0.05, 0) is 5.56 Å². The minimum atomic E-state index is -0.540. The third-order valence-electron chi connectivity index (χ3n) is 3.84. The minimum absolute atomic E-state index is 0.0601. The van der Waals surface area contributed by atoms with Gasteiger partial charge in [0.05, 0.1) is 13.2 Å². The molecule has 1 heterocycles. The number of hydrogen-bond donors (Lipinski definition) is 2. The Labute approximate surface area is 162 Å². The zero-order chi connectivity index (χ0) is 20.4. The molecule has 0 aliphatic carbocycles. The summed E-state index contributed by atoms with van der Waals surface area (Å²) in [6.45, 7) is 0.803. The van der Waals surface area contributed by atoms with E-state index in [4.69, 9.17) is 24.8 Å². The van der Waals surface area contributed by atoms with Crippen LogP contribution in [-0.2, 0) is 20.8 Å². The number of aromatic nitrogens is 1. The molecule has 0 radical (unpaired) electrons. The quantitative estimate of drug-likeness (QED) is 0.326. The normalized spacial score (nSPS) is 10.8. The maximum absolute atomic E-state index is 12.5. The van der Waals surface area contributed by atoms with Crippen molar-refractivity contribution in [1.29, 1.82) is 0 Å². The number of pyridine rings is 1. The molecular weight excluding hydrogens is 366 g/mol. The number of carbonyl (C=O) groups is 1. The molecule has 1 amide bonds.